The topological polar surface area (TPSA) is 130 Å². The highest BCUT2D eigenvalue weighted by Crippen LogP contribution is 2.35. The zero-order valence-electron chi connectivity index (χ0n) is 23.4. The van der Waals surface area contributed by atoms with Gasteiger partial charge in [0.05, 0.1) is 32.8 Å². The second-order valence-corrected chi connectivity index (χ2v) is 10.7. The summed E-state index contributed by atoms with van der Waals surface area (Å²) in [6.07, 6.45) is 0. The number of para-hydroxylation sites is 2. The molecule has 4 aliphatic heterocycles. The van der Waals surface area contributed by atoms with Gasteiger partial charge in [-0.1, -0.05) is 36.4 Å². The predicted octanol–water partition coefficient (Wildman–Crippen LogP) is 4.15. The molecule has 0 bridgehead atoms. The summed E-state index contributed by atoms with van der Waals surface area (Å²) in [6, 6.07) is 20.0. The number of carboxylic acid groups (broad SMARTS) is 1. The molecule has 0 radical (unpaired) electrons. The van der Waals surface area contributed by atoms with E-state index in [-0.39, 0.29) is 5.70 Å². The van der Waals surface area contributed by atoms with E-state index in [1.54, 1.807) is 6.92 Å². The number of benzene rings is 4. The first-order chi connectivity index (χ1) is 20.2. The van der Waals surface area contributed by atoms with Crippen molar-refractivity contribution in [1.29, 1.82) is 0 Å². The molecule has 1 amide bonds. The molecule has 8 heteroatoms. The molecular formula is C34H25N5O3. The van der Waals surface area contributed by atoms with Gasteiger partial charge in [-0.3, -0.25) is 4.79 Å². The quantitative estimate of drug-likeness (QED) is 0.335. The number of rotatable bonds is 2. The smallest absolute Gasteiger partial charge is 0.354 e. The van der Waals surface area contributed by atoms with Crippen LogP contribution in [0.2, 0.25) is 0 Å². The Balaban J connectivity index is 0.000000137. The van der Waals surface area contributed by atoms with Crippen LogP contribution in [-0.4, -0.2) is 17.0 Å². The van der Waals surface area contributed by atoms with Crippen LogP contribution in [-0.2, 0) is 9.59 Å². The lowest BCUT2D eigenvalue weighted by Crippen LogP contribution is -2.18. The number of amides is 1. The number of nitrogens with two attached hydrogens (primary N) is 1. The fourth-order valence-electron chi connectivity index (χ4n) is 6.33. The lowest BCUT2D eigenvalue weighted by molar-refractivity contribution is -0.132. The second kappa shape index (κ2) is 9.01. The Kier molecular flexibility index (Phi) is 5.46. The zero-order chi connectivity index (χ0) is 29.4. The van der Waals surface area contributed by atoms with Crippen LogP contribution in [0.4, 0.5) is 11.4 Å². The van der Waals surface area contributed by atoms with E-state index in [1.165, 1.54) is 0 Å². The van der Waals surface area contributed by atoms with Crippen molar-refractivity contribution in [1.82, 2.24) is 0 Å². The number of carbonyl (C=O) groups excluding carboxylic acids is 1. The lowest BCUT2D eigenvalue weighted by Gasteiger charge is -2.05. The van der Waals surface area contributed by atoms with Crippen LogP contribution in [0.3, 0.4) is 0 Å². The highest BCUT2D eigenvalue weighted by Gasteiger charge is 2.26. The summed E-state index contributed by atoms with van der Waals surface area (Å²) in [5.74, 6) is -1.47. The molecule has 4 aromatic carbocycles. The summed E-state index contributed by atoms with van der Waals surface area (Å²) in [5, 5.41) is 12.7. The van der Waals surface area contributed by atoms with E-state index in [0.717, 1.165) is 82.9 Å². The molecule has 0 unspecified atom stereocenters. The third-order valence-corrected chi connectivity index (χ3v) is 8.26. The summed E-state index contributed by atoms with van der Waals surface area (Å²) in [5.41, 5.74) is 17.6. The minimum atomic E-state index is -0.986. The molecule has 8 nitrogen and oxygen atoms in total. The van der Waals surface area contributed by atoms with E-state index >= 15 is 0 Å². The first kappa shape index (κ1) is 25.5. The fraction of sp³-hybridized carbons (Fsp3) is 0.118. The van der Waals surface area contributed by atoms with Crippen LogP contribution in [0.5, 0.6) is 0 Å². The van der Waals surface area contributed by atoms with Crippen molar-refractivity contribution >= 4 is 34.4 Å². The van der Waals surface area contributed by atoms with E-state index in [2.05, 4.69) is 21.0 Å². The van der Waals surface area contributed by atoms with Crippen molar-refractivity contribution in [3.05, 3.63) is 116 Å². The maximum atomic E-state index is 11.5. The van der Waals surface area contributed by atoms with Crippen LogP contribution in [0, 0.1) is 13.8 Å². The number of allylic oxidation sites excluding steroid dienone is 2. The summed E-state index contributed by atoms with van der Waals surface area (Å²) in [4.78, 5) is 40.8. The van der Waals surface area contributed by atoms with Crippen LogP contribution in [0.1, 0.15) is 36.1 Å². The van der Waals surface area contributed by atoms with Crippen molar-refractivity contribution in [3.63, 3.8) is 0 Å². The molecule has 4 heterocycles. The molecule has 4 aromatic rings. The normalized spacial score (nSPS) is 14.2. The number of carbonyl (C=O) groups is 2. The number of carboxylic acids is 1. The molecule has 0 atom stereocenters. The second-order valence-electron chi connectivity index (χ2n) is 10.7. The molecule has 4 aliphatic rings. The lowest BCUT2D eigenvalue weighted by atomic mass is 9.96. The van der Waals surface area contributed by atoms with Gasteiger partial charge in [-0.15, -0.1) is 0 Å². The average molecular weight is 552 g/mol. The first-order valence-electron chi connectivity index (χ1n) is 13.5. The monoisotopic (exact) mass is 551 g/mol. The average Bonchev–Trinajstić information content (AvgIpc) is 3.71. The van der Waals surface area contributed by atoms with Gasteiger partial charge in [0, 0.05) is 33.4 Å². The molecule has 42 heavy (non-hydrogen) atoms. The molecular weight excluding hydrogens is 526 g/mol. The Morgan fingerprint density at radius 1 is 0.619 bits per heavy atom. The summed E-state index contributed by atoms with van der Waals surface area (Å²) >= 11 is 0. The highest BCUT2D eigenvalue weighted by molar-refractivity contribution is 6.01. The van der Waals surface area contributed by atoms with Gasteiger partial charge in [-0.2, -0.15) is 0 Å². The molecule has 0 spiro atoms. The standard InChI is InChI=1S/C17H13N3O.C17H12N2O2/c1-8-14-9(2)16(17(18)21)20-13(14)7-11-10-5-3-4-6-12(10)19-15(8)11;1-8-14-9(2)16(17(20)21)19-13(14)7-11-10-5-3-4-6-12(10)18-15(8)11/h3-7H,1-2H3,(H2,18,21);3-7H,1-2H3,(H,20,21). The summed E-state index contributed by atoms with van der Waals surface area (Å²) in [6.45, 7) is 7.70. The van der Waals surface area contributed by atoms with Crippen molar-refractivity contribution in [2.24, 2.45) is 25.7 Å². The zero-order valence-corrected chi connectivity index (χ0v) is 23.4. The maximum absolute atomic E-state index is 11.5. The number of hydrogen-bond donors (Lipinski definition) is 2. The Morgan fingerprint density at radius 2 is 1.05 bits per heavy atom. The third-order valence-electron chi connectivity index (χ3n) is 8.26. The van der Waals surface area contributed by atoms with Crippen molar-refractivity contribution < 1.29 is 14.7 Å². The van der Waals surface area contributed by atoms with Crippen LogP contribution in [0.25, 0.3) is 33.4 Å². The maximum Gasteiger partial charge on any atom is 0.354 e. The van der Waals surface area contributed by atoms with Crippen LogP contribution >= 0.6 is 0 Å². The molecule has 0 fully saturated rings. The Hall–Kier alpha value is -5.50. The summed E-state index contributed by atoms with van der Waals surface area (Å²) in [7, 11) is 0. The van der Waals surface area contributed by atoms with Gasteiger partial charge in [0.1, 0.15) is 5.70 Å². The first-order valence-corrected chi connectivity index (χ1v) is 13.5. The minimum Gasteiger partial charge on any atom is -0.477 e. The van der Waals surface area contributed by atoms with Crippen LogP contribution < -0.4 is 27.2 Å². The van der Waals surface area contributed by atoms with E-state index in [4.69, 9.17) is 10.7 Å². The minimum absolute atomic E-state index is 0.130. The molecule has 3 N–H and O–H groups in total. The third kappa shape index (κ3) is 3.55. The van der Waals surface area contributed by atoms with E-state index in [0.29, 0.717) is 11.3 Å². The Bertz CT molecular complexity index is 2130. The Labute approximate surface area is 240 Å². The van der Waals surface area contributed by atoms with Crippen molar-refractivity contribution in [2.75, 3.05) is 0 Å². The number of hydrogen-bond acceptors (Lipinski definition) is 6. The van der Waals surface area contributed by atoms with Gasteiger partial charge in [0.25, 0.3) is 5.91 Å². The Morgan fingerprint density at radius 3 is 1.50 bits per heavy atom. The van der Waals surface area contributed by atoms with Crippen LogP contribution in [0.15, 0.2) is 92.0 Å². The molecule has 8 rings (SSSR count). The van der Waals surface area contributed by atoms with Gasteiger partial charge in [-0.25, -0.2) is 24.8 Å². The molecule has 0 saturated heterocycles. The van der Waals surface area contributed by atoms with Gasteiger partial charge >= 0.3 is 5.97 Å². The highest BCUT2D eigenvalue weighted by atomic mass is 16.4. The number of nitrogens with zero attached hydrogens (tertiary/aromatic N) is 4. The van der Waals surface area contributed by atoms with E-state index < -0.39 is 11.9 Å². The van der Waals surface area contributed by atoms with E-state index in [9.17, 15) is 14.7 Å². The molecule has 0 saturated carbocycles. The van der Waals surface area contributed by atoms with Gasteiger partial charge in [-0.05, 0) is 74.2 Å². The van der Waals surface area contributed by atoms with Gasteiger partial charge < -0.3 is 10.8 Å². The van der Waals surface area contributed by atoms with E-state index in [1.807, 2.05) is 75.4 Å². The van der Waals surface area contributed by atoms with Gasteiger partial charge in [0.15, 0.2) is 5.70 Å². The molecule has 0 aliphatic carbocycles. The van der Waals surface area contributed by atoms with Crippen molar-refractivity contribution in [2.45, 2.75) is 27.7 Å². The molecule has 204 valence electrons. The number of aliphatic carboxylic acids is 1. The largest absolute Gasteiger partial charge is 0.477 e. The number of primary amides is 1. The SMILES string of the molecule is CC1=C(C(=O)O)N=c2cc3c(c(C)c21)=Nc1ccccc1-3.CC1=C(C(N)=O)N=c2cc3c(c(C)c21)=Nc1ccccc1-3. The number of fused-ring (bicyclic) bond motifs is 8. The molecule has 0 aromatic heterocycles. The summed E-state index contributed by atoms with van der Waals surface area (Å²) < 4.78 is 0. The van der Waals surface area contributed by atoms with Gasteiger partial charge in [0.2, 0.25) is 0 Å². The van der Waals surface area contributed by atoms with Crippen molar-refractivity contribution in [3.8, 4) is 22.3 Å². The fourth-order valence-corrected chi connectivity index (χ4v) is 6.33. The predicted molar refractivity (Wildman–Crippen MR) is 159 cm³/mol.